The van der Waals surface area contributed by atoms with Crippen molar-refractivity contribution in [1.29, 1.82) is 0 Å². The lowest BCUT2D eigenvalue weighted by atomic mass is 9.91. The number of carbonyl (C=O) groups excluding carboxylic acids is 2. The van der Waals surface area contributed by atoms with E-state index in [1.54, 1.807) is 46.0 Å². The molecule has 170 valence electrons. The minimum Gasteiger partial charge on any atom is -0.337 e. The second-order valence-electron chi connectivity index (χ2n) is 8.25. The average Bonchev–Trinajstić information content (AvgIpc) is 3.18. The maximum Gasteiger partial charge on any atom is 0.289 e. The Balaban J connectivity index is 1.66. The van der Waals surface area contributed by atoms with Gasteiger partial charge in [-0.05, 0) is 35.2 Å². The highest BCUT2D eigenvalue weighted by molar-refractivity contribution is 5.92. The van der Waals surface area contributed by atoms with E-state index in [1.165, 1.54) is 12.1 Å². The van der Waals surface area contributed by atoms with Gasteiger partial charge in [-0.3, -0.25) is 9.59 Å². The van der Waals surface area contributed by atoms with Gasteiger partial charge < -0.3 is 14.4 Å². The fraction of sp³-hybridized carbons (Fsp3) is 0.269. The van der Waals surface area contributed by atoms with Crippen LogP contribution in [0.1, 0.15) is 16.2 Å². The van der Waals surface area contributed by atoms with Gasteiger partial charge in [0.25, 0.3) is 5.91 Å². The standard InChI is InChI=1S/C26H27FN4O2/c1-3-12-30-14-15-31(26(33)24-28-11-13-29(24)2)18-21(25(30)32)16-19-7-4-5-10-23(19)20-8-6-9-22(27)17-20/h3-11,13,17,21H,1,12,14-16,18H2,2H3/t21-/m1/s1. The van der Waals surface area contributed by atoms with E-state index in [4.69, 9.17) is 0 Å². The summed E-state index contributed by atoms with van der Waals surface area (Å²) in [6.45, 7) is 5.34. The number of halogens is 1. The molecule has 7 heteroatoms. The molecule has 1 aliphatic rings. The van der Waals surface area contributed by atoms with Crippen molar-refractivity contribution in [2.24, 2.45) is 13.0 Å². The molecule has 0 spiro atoms. The van der Waals surface area contributed by atoms with Crippen molar-refractivity contribution in [2.75, 3.05) is 26.2 Å². The van der Waals surface area contributed by atoms with E-state index in [0.717, 1.165) is 16.7 Å². The summed E-state index contributed by atoms with van der Waals surface area (Å²) in [7, 11) is 1.78. The summed E-state index contributed by atoms with van der Waals surface area (Å²) in [5, 5.41) is 0. The first-order valence-corrected chi connectivity index (χ1v) is 11.0. The second-order valence-corrected chi connectivity index (χ2v) is 8.25. The summed E-state index contributed by atoms with van der Waals surface area (Å²) in [6, 6.07) is 14.2. The molecule has 0 saturated carbocycles. The number of imidazole rings is 1. The number of hydrogen-bond donors (Lipinski definition) is 0. The molecule has 4 rings (SSSR count). The van der Waals surface area contributed by atoms with Crippen LogP contribution in [0.3, 0.4) is 0 Å². The van der Waals surface area contributed by atoms with E-state index < -0.39 is 5.92 Å². The lowest BCUT2D eigenvalue weighted by Crippen LogP contribution is -2.38. The SMILES string of the molecule is C=CCN1CCN(C(=O)c2nccn2C)C[C@@H](Cc2ccccc2-c2cccc(F)c2)C1=O. The number of carbonyl (C=O) groups is 2. The smallest absolute Gasteiger partial charge is 0.289 e. The zero-order valence-electron chi connectivity index (χ0n) is 18.7. The van der Waals surface area contributed by atoms with Gasteiger partial charge in [0.1, 0.15) is 5.82 Å². The number of nitrogens with zero attached hydrogens (tertiary/aromatic N) is 4. The molecule has 33 heavy (non-hydrogen) atoms. The van der Waals surface area contributed by atoms with E-state index in [9.17, 15) is 14.0 Å². The molecule has 2 amide bonds. The van der Waals surface area contributed by atoms with Gasteiger partial charge in [-0.15, -0.1) is 6.58 Å². The van der Waals surface area contributed by atoms with E-state index in [1.807, 2.05) is 30.3 Å². The van der Waals surface area contributed by atoms with Crippen LogP contribution in [0.4, 0.5) is 4.39 Å². The molecule has 0 aliphatic carbocycles. The monoisotopic (exact) mass is 446 g/mol. The van der Waals surface area contributed by atoms with Crippen LogP contribution in [0.5, 0.6) is 0 Å². The van der Waals surface area contributed by atoms with E-state index >= 15 is 0 Å². The number of hydrogen-bond acceptors (Lipinski definition) is 3. The molecule has 3 aromatic rings. The number of benzene rings is 2. The molecule has 0 radical (unpaired) electrons. The van der Waals surface area contributed by atoms with Gasteiger partial charge in [-0.2, -0.15) is 0 Å². The number of amides is 2. The molecule has 1 saturated heterocycles. The fourth-order valence-electron chi connectivity index (χ4n) is 4.33. The average molecular weight is 447 g/mol. The molecule has 1 aliphatic heterocycles. The van der Waals surface area contributed by atoms with Crippen molar-refractivity contribution < 1.29 is 14.0 Å². The van der Waals surface area contributed by atoms with Crippen LogP contribution in [0.2, 0.25) is 0 Å². The predicted molar refractivity (Wildman–Crippen MR) is 125 cm³/mol. The lowest BCUT2D eigenvalue weighted by molar-refractivity contribution is -0.134. The van der Waals surface area contributed by atoms with Crippen LogP contribution in [-0.2, 0) is 18.3 Å². The van der Waals surface area contributed by atoms with Crippen LogP contribution >= 0.6 is 0 Å². The predicted octanol–water partition coefficient (Wildman–Crippen LogP) is 3.56. The maximum atomic E-state index is 13.9. The third-order valence-electron chi connectivity index (χ3n) is 6.01. The fourth-order valence-corrected chi connectivity index (χ4v) is 4.33. The molecule has 2 heterocycles. The second kappa shape index (κ2) is 9.81. The Morgan fingerprint density at radius 2 is 2.03 bits per heavy atom. The Kier molecular flexibility index (Phi) is 6.68. The van der Waals surface area contributed by atoms with Crippen molar-refractivity contribution in [3.63, 3.8) is 0 Å². The third-order valence-corrected chi connectivity index (χ3v) is 6.01. The highest BCUT2D eigenvalue weighted by atomic mass is 19.1. The summed E-state index contributed by atoms with van der Waals surface area (Å²) in [4.78, 5) is 34.2. The van der Waals surface area contributed by atoms with Crippen molar-refractivity contribution in [2.45, 2.75) is 6.42 Å². The van der Waals surface area contributed by atoms with E-state index in [2.05, 4.69) is 11.6 Å². The number of aryl methyl sites for hydroxylation is 1. The molecule has 0 unspecified atom stereocenters. The molecule has 1 atom stereocenters. The van der Waals surface area contributed by atoms with Gasteiger partial charge in [-0.25, -0.2) is 9.37 Å². The molecule has 1 fully saturated rings. The number of aromatic nitrogens is 2. The number of rotatable bonds is 6. The highest BCUT2D eigenvalue weighted by Gasteiger charge is 2.33. The normalized spacial score (nSPS) is 16.5. The Bertz CT molecular complexity index is 1170. The van der Waals surface area contributed by atoms with Gasteiger partial charge in [0.05, 0.1) is 5.92 Å². The van der Waals surface area contributed by atoms with E-state index in [-0.39, 0.29) is 24.2 Å². The van der Waals surface area contributed by atoms with Gasteiger partial charge in [-0.1, -0.05) is 42.5 Å². The van der Waals surface area contributed by atoms with Gasteiger partial charge in [0.2, 0.25) is 5.91 Å². The lowest BCUT2D eigenvalue weighted by Gasteiger charge is -2.24. The Hall–Kier alpha value is -3.74. The Labute approximate surface area is 193 Å². The topological polar surface area (TPSA) is 58.4 Å². The Morgan fingerprint density at radius 1 is 1.21 bits per heavy atom. The summed E-state index contributed by atoms with van der Waals surface area (Å²) in [6.07, 6.45) is 5.45. The zero-order chi connectivity index (χ0) is 23.4. The molecular weight excluding hydrogens is 419 g/mol. The summed E-state index contributed by atoms with van der Waals surface area (Å²) in [5.74, 6) is -0.611. The molecule has 0 bridgehead atoms. The zero-order valence-corrected chi connectivity index (χ0v) is 18.7. The summed E-state index contributed by atoms with van der Waals surface area (Å²) in [5.41, 5.74) is 2.58. The minimum absolute atomic E-state index is 0.0147. The largest absolute Gasteiger partial charge is 0.337 e. The van der Waals surface area contributed by atoms with Crippen molar-refractivity contribution in [3.8, 4) is 11.1 Å². The van der Waals surface area contributed by atoms with Gasteiger partial charge in [0, 0.05) is 45.6 Å². The van der Waals surface area contributed by atoms with Crippen LogP contribution in [0, 0.1) is 11.7 Å². The highest BCUT2D eigenvalue weighted by Crippen LogP contribution is 2.28. The van der Waals surface area contributed by atoms with Crippen LogP contribution in [0.25, 0.3) is 11.1 Å². The third kappa shape index (κ3) is 4.87. The van der Waals surface area contributed by atoms with Crippen LogP contribution in [0.15, 0.2) is 73.6 Å². The summed E-state index contributed by atoms with van der Waals surface area (Å²) < 4.78 is 15.6. The molecule has 2 aromatic carbocycles. The Morgan fingerprint density at radius 3 is 2.76 bits per heavy atom. The molecule has 6 nitrogen and oxygen atoms in total. The molecular formula is C26H27FN4O2. The summed E-state index contributed by atoms with van der Waals surface area (Å²) >= 11 is 0. The van der Waals surface area contributed by atoms with E-state index in [0.29, 0.717) is 31.9 Å². The molecule has 1 aromatic heterocycles. The van der Waals surface area contributed by atoms with Gasteiger partial charge >= 0.3 is 0 Å². The molecule has 0 N–H and O–H groups in total. The first-order chi connectivity index (χ1) is 16.0. The van der Waals surface area contributed by atoms with Crippen LogP contribution < -0.4 is 0 Å². The first kappa shape index (κ1) is 22.5. The quantitative estimate of drug-likeness (QED) is 0.544. The maximum absolute atomic E-state index is 13.9. The van der Waals surface area contributed by atoms with Crippen molar-refractivity contribution in [1.82, 2.24) is 19.4 Å². The minimum atomic E-state index is -0.439. The van der Waals surface area contributed by atoms with Gasteiger partial charge in [0.15, 0.2) is 5.82 Å². The van der Waals surface area contributed by atoms with Crippen LogP contribution in [-0.4, -0.2) is 57.3 Å². The first-order valence-electron chi connectivity index (χ1n) is 11.0. The van der Waals surface area contributed by atoms with Crippen molar-refractivity contribution in [3.05, 3.63) is 90.8 Å². The van der Waals surface area contributed by atoms with Crippen molar-refractivity contribution >= 4 is 11.8 Å².